The third-order valence-electron chi connectivity index (χ3n) is 2.71. The van der Waals surface area contributed by atoms with Crippen LogP contribution < -0.4 is 5.32 Å². The molecule has 0 saturated heterocycles. The molecule has 1 amide bonds. The van der Waals surface area contributed by atoms with Crippen LogP contribution in [0.1, 0.15) is 32.3 Å². The van der Waals surface area contributed by atoms with Gasteiger partial charge in [-0.1, -0.05) is 25.4 Å². The predicted molar refractivity (Wildman–Crippen MR) is 68.9 cm³/mol. The number of carbonyl (C=O) groups is 1. The molecule has 0 aliphatic rings. The van der Waals surface area contributed by atoms with Crippen LogP contribution in [0.5, 0.6) is 0 Å². The molecular formula is C13H15ClN2O. The molecule has 90 valence electrons. The van der Waals surface area contributed by atoms with Crippen LogP contribution in [0.25, 0.3) is 0 Å². The van der Waals surface area contributed by atoms with Crippen molar-refractivity contribution >= 4 is 23.2 Å². The standard InChI is InChI=1S/C13H15ClN2O/c1-3-9(4-2)13(17)16-11-6-5-10(8-15)12(14)7-11/h5-7,9H,3-4H2,1-2H3,(H,16,17). The molecule has 4 heteroatoms. The molecule has 0 aliphatic heterocycles. The van der Waals surface area contributed by atoms with E-state index in [1.54, 1.807) is 18.2 Å². The molecule has 0 bridgehead atoms. The van der Waals surface area contributed by atoms with Crippen molar-refractivity contribution in [2.45, 2.75) is 26.7 Å². The monoisotopic (exact) mass is 250 g/mol. The molecule has 0 atom stereocenters. The molecule has 0 radical (unpaired) electrons. The molecule has 0 spiro atoms. The number of rotatable bonds is 4. The number of anilines is 1. The summed E-state index contributed by atoms with van der Waals surface area (Å²) in [5, 5.41) is 11.9. The third-order valence-corrected chi connectivity index (χ3v) is 3.03. The molecule has 17 heavy (non-hydrogen) atoms. The number of nitrogens with zero attached hydrogens (tertiary/aromatic N) is 1. The second-order valence-corrected chi connectivity index (χ2v) is 4.22. The molecule has 1 aromatic rings. The second kappa shape index (κ2) is 6.27. The lowest BCUT2D eigenvalue weighted by atomic mass is 10.0. The summed E-state index contributed by atoms with van der Waals surface area (Å²) >= 11 is 5.89. The van der Waals surface area contributed by atoms with Gasteiger partial charge in [-0.2, -0.15) is 5.26 Å². The van der Waals surface area contributed by atoms with Crippen LogP contribution in [0.3, 0.4) is 0 Å². The van der Waals surface area contributed by atoms with Gasteiger partial charge in [0.25, 0.3) is 0 Å². The molecule has 1 aromatic carbocycles. The summed E-state index contributed by atoms with van der Waals surface area (Å²) < 4.78 is 0. The largest absolute Gasteiger partial charge is 0.326 e. The van der Waals surface area contributed by atoms with Crippen molar-refractivity contribution in [3.8, 4) is 6.07 Å². The van der Waals surface area contributed by atoms with E-state index in [2.05, 4.69) is 5.32 Å². The topological polar surface area (TPSA) is 52.9 Å². The van der Waals surface area contributed by atoms with Crippen LogP contribution in [0.15, 0.2) is 18.2 Å². The van der Waals surface area contributed by atoms with Crippen LogP contribution in [-0.4, -0.2) is 5.91 Å². The lowest BCUT2D eigenvalue weighted by molar-refractivity contribution is -0.120. The van der Waals surface area contributed by atoms with Crippen molar-refractivity contribution in [2.75, 3.05) is 5.32 Å². The first-order valence-corrected chi connectivity index (χ1v) is 6.00. The van der Waals surface area contributed by atoms with Gasteiger partial charge < -0.3 is 5.32 Å². The van der Waals surface area contributed by atoms with Crippen molar-refractivity contribution in [1.29, 1.82) is 5.26 Å². The number of nitrogens with one attached hydrogen (secondary N) is 1. The second-order valence-electron chi connectivity index (χ2n) is 3.81. The Hall–Kier alpha value is -1.53. The third kappa shape index (κ3) is 3.47. The molecular weight excluding hydrogens is 236 g/mol. The van der Waals surface area contributed by atoms with Crippen LogP contribution >= 0.6 is 11.6 Å². The SMILES string of the molecule is CCC(CC)C(=O)Nc1ccc(C#N)c(Cl)c1. The Morgan fingerprint density at radius 2 is 2.12 bits per heavy atom. The van der Waals surface area contributed by atoms with E-state index >= 15 is 0 Å². The molecule has 0 saturated carbocycles. The van der Waals surface area contributed by atoms with E-state index < -0.39 is 0 Å². The van der Waals surface area contributed by atoms with Gasteiger partial charge in [0.2, 0.25) is 5.91 Å². The summed E-state index contributed by atoms with van der Waals surface area (Å²) in [4.78, 5) is 11.8. The highest BCUT2D eigenvalue weighted by Gasteiger charge is 2.14. The van der Waals surface area contributed by atoms with Crippen LogP contribution in [0, 0.1) is 17.2 Å². The van der Waals surface area contributed by atoms with E-state index in [1.807, 2.05) is 19.9 Å². The van der Waals surface area contributed by atoms with Gasteiger partial charge in [0.05, 0.1) is 10.6 Å². The highest BCUT2D eigenvalue weighted by atomic mass is 35.5. The average molecular weight is 251 g/mol. The molecule has 0 aliphatic carbocycles. The van der Waals surface area contributed by atoms with Crippen LogP contribution in [0.2, 0.25) is 5.02 Å². The van der Waals surface area contributed by atoms with Gasteiger partial charge in [-0.25, -0.2) is 0 Å². The minimum atomic E-state index is -0.00391. The van der Waals surface area contributed by atoms with Crippen molar-refractivity contribution in [3.05, 3.63) is 28.8 Å². The number of carbonyl (C=O) groups excluding carboxylic acids is 1. The number of nitriles is 1. The molecule has 0 fully saturated rings. The normalized spacial score (nSPS) is 10.1. The highest BCUT2D eigenvalue weighted by molar-refractivity contribution is 6.32. The van der Waals surface area contributed by atoms with Crippen molar-refractivity contribution < 1.29 is 4.79 Å². The van der Waals surface area contributed by atoms with Crippen molar-refractivity contribution in [2.24, 2.45) is 5.92 Å². The van der Waals surface area contributed by atoms with Crippen molar-refractivity contribution in [1.82, 2.24) is 0 Å². The zero-order chi connectivity index (χ0) is 12.8. The fourth-order valence-electron chi connectivity index (χ4n) is 1.59. The summed E-state index contributed by atoms with van der Waals surface area (Å²) in [5.41, 5.74) is 1.04. The molecule has 1 N–H and O–H groups in total. The maximum Gasteiger partial charge on any atom is 0.227 e. The Labute approximate surface area is 106 Å². The quantitative estimate of drug-likeness (QED) is 0.888. The Kier molecular flexibility index (Phi) is 4.99. The predicted octanol–water partition coefficient (Wildman–Crippen LogP) is 3.59. The number of hydrogen-bond donors (Lipinski definition) is 1. The molecule has 3 nitrogen and oxygen atoms in total. The molecule has 0 heterocycles. The van der Waals surface area contributed by atoms with Crippen molar-refractivity contribution in [3.63, 3.8) is 0 Å². The summed E-state index contributed by atoms with van der Waals surface area (Å²) in [6.07, 6.45) is 1.62. The average Bonchev–Trinajstić information content (AvgIpc) is 2.31. The van der Waals surface area contributed by atoms with Gasteiger partial charge in [0, 0.05) is 11.6 Å². The number of amides is 1. The van der Waals surface area contributed by atoms with E-state index in [-0.39, 0.29) is 11.8 Å². The zero-order valence-electron chi connectivity index (χ0n) is 9.96. The summed E-state index contributed by atoms with van der Waals surface area (Å²) in [5.74, 6) is 0.0141. The Bertz CT molecular complexity index is 447. The maximum absolute atomic E-state index is 11.8. The first-order chi connectivity index (χ1) is 8.12. The summed E-state index contributed by atoms with van der Waals surface area (Å²) in [6, 6.07) is 6.86. The zero-order valence-corrected chi connectivity index (χ0v) is 10.7. The smallest absolute Gasteiger partial charge is 0.227 e. The first-order valence-electron chi connectivity index (χ1n) is 5.62. The van der Waals surface area contributed by atoms with Gasteiger partial charge >= 0.3 is 0 Å². The van der Waals surface area contributed by atoms with Crippen LogP contribution in [-0.2, 0) is 4.79 Å². The Morgan fingerprint density at radius 3 is 2.59 bits per heavy atom. The maximum atomic E-state index is 11.8. The van der Waals surface area contributed by atoms with E-state index in [9.17, 15) is 4.79 Å². The lowest BCUT2D eigenvalue weighted by Gasteiger charge is -2.13. The lowest BCUT2D eigenvalue weighted by Crippen LogP contribution is -2.21. The minimum absolute atomic E-state index is 0.00391. The molecule has 1 rings (SSSR count). The Balaban J connectivity index is 2.79. The van der Waals surface area contributed by atoms with Gasteiger partial charge in [-0.05, 0) is 31.0 Å². The number of benzene rings is 1. The highest BCUT2D eigenvalue weighted by Crippen LogP contribution is 2.21. The van der Waals surface area contributed by atoms with Gasteiger partial charge in [0.1, 0.15) is 6.07 Å². The van der Waals surface area contributed by atoms with E-state index in [0.29, 0.717) is 16.3 Å². The summed E-state index contributed by atoms with van der Waals surface area (Å²) in [7, 11) is 0. The fraction of sp³-hybridized carbons (Fsp3) is 0.385. The minimum Gasteiger partial charge on any atom is -0.326 e. The fourth-order valence-corrected chi connectivity index (χ4v) is 1.81. The van der Waals surface area contributed by atoms with Gasteiger partial charge in [0.15, 0.2) is 0 Å². The van der Waals surface area contributed by atoms with Crippen LogP contribution in [0.4, 0.5) is 5.69 Å². The Morgan fingerprint density at radius 1 is 1.47 bits per heavy atom. The van der Waals surface area contributed by atoms with E-state index in [1.165, 1.54) is 0 Å². The first kappa shape index (κ1) is 13.5. The molecule has 0 aromatic heterocycles. The number of halogens is 1. The van der Waals surface area contributed by atoms with E-state index in [0.717, 1.165) is 12.8 Å². The van der Waals surface area contributed by atoms with Gasteiger partial charge in [-0.3, -0.25) is 4.79 Å². The summed E-state index contributed by atoms with van der Waals surface area (Å²) in [6.45, 7) is 3.97. The molecule has 0 unspecified atom stereocenters. The van der Waals surface area contributed by atoms with Gasteiger partial charge in [-0.15, -0.1) is 0 Å². The number of hydrogen-bond acceptors (Lipinski definition) is 2. The van der Waals surface area contributed by atoms with E-state index in [4.69, 9.17) is 16.9 Å².